The van der Waals surface area contributed by atoms with Gasteiger partial charge in [-0.1, -0.05) is 0 Å². The van der Waals surface area contributed by atoms with Gasteiger partial charge in [-0.05, 0) is 40.9 Å². The van der Waals surface area contributed by atoms with Crippen LogP contribution in [-0.4, -0.2) is 36.1 Å². The molecular weight excluding hydrogens is 258 g/mol. The maximum absolute atomic E-state index is 6.04. The second-order valence-electron chi connectivity index (χ2n) is 5.59. The molecular formula is C14H21N3OS. The van der Waals surface area contributed by atoms with Crippen molar-refractivity contribution in [3.8, 4) is 5.75 Å². The Morgan fingerprint density at radius 1 is 1.37 bits per heavy atom. The molecule has 0 bridgehead atoms. The maximum atomic E-state index is 6.04. The van der Waals surface area contributed by atoms with Crippen molar-refractivity contribution in [3.05, 3.63) is 17.1 Å². The van der Waals surface area contributed by atoms with Crippen LogP contribution < -0.4 is 10.5 Å². The van der Waals surface area contributed by atoms with Gasteiger partial charge < -0.3 is 15.4 Å². The highest BCUT2D eigenvalue weighted by Crippen LogP contribution is 2.31. The van der Waals surface area contributed by atoms with Crippen molar-refractivity contribution < 1.29 is 4.74 Å². The van der Waals surface area contributed by atoms with E-state index in [1.165, 1.54) is 0 Å². The van der Waals surface area contributed by atoms with E-state index in [9.17, 15) is 0 Å². The summed E-state index contributed by atoms with van der Waals surface area (Å²) >= 11 is 1.65. The second-order valence-corrected chi connectivity index (χ2v) is 6.82. The monoisotopic (exact) mass is 279 g/mol. The largest absolute Gasteiger partial charge is 0.489 e. The van der Waals surface area contributed by atoms with Gasteiger partial charge in [-0.25, -0.2) is 4.98 Å². The number of rotatable bonds is 4. The van der Waals surface area contributed by atoms with E-state index in [1.54, 1.807) is 11.3 Å². The first-order valence-electron chi connectivity index (χ1n) is 6.26. The first-order chi connectivity index (χ1) is 8.79. The zero-order valence-corrected chi connectivity index (χ0v) is 13.0. The number of aryl methyl sites for hydroxylation is 1. The smallest absolute Gasteiger partial charge is 0.144 e. The van der Waals surface area contributed by atoms with E-state index in [1.807, 2.05) is 33.2 Å². The Labute approximate surface area is 118 Å². The van der Waals surface area contributed by atoms with Crippen LogP contribution in [0.25, 0.3) is 10.2 Å². The van der Waals surface area contributed by atoms with Gasteiger partial charge in [0, 0.05) is 11.6 Å². The lowest BCUT2D eigenvalue weighted by Gasteiger charge is -2.32. The van der Waals surface area contributed by atoms with Crippen molar-refractivity contribution in [1.82, 2.24) is 9.88 Å². The number of ether oxygens (including phenoxy) is 1. The van der Waals surface area contributed by atoms with Gasteiger partial charge in [-0.2, -0.15) is 0 Å². The third-order valence-electron chi connectivity index (χ3n) is 3.42. The number of nitrogens with two attached hydrogens (primary N) is 1. The van der Waals surface area contributed by atoms with E-state index in [2.05, 4.69) is 23.7 Å². The molecule has 1 aromatic carbocycles. The molecule has 104 valence electrons. The Kier molecular flexibility index (Phi) is 3.69. The van der Waals surface area contributed by atoms with Crippen molar-refractivity contribution in [3.63, 3.8) is 0 Å². The number of nitrogens with zero attached hydrogens (tertiary/aromatic N) is 2. The van der Waals surface area contributed by atoms with Crippen LogP contribution in [0, 0.1) is 6.92 Å². The van der Waals surface area contributed by atoms with Crippen molar-refractivity contribution in [2.45, 2.75) is 26.3 Å². The van der Waals surface area contributed by atoms with Crippen molar-refractivity contribution in [2.24, 2.45) is 0 Å². The molecule has 19 heavy (non-hydrogen) atoms. The highest BCUT2D eigenvalue weighted by molar-refractivity contribution is 7.18. The summed E-state index contributed by atoms with van der Waals surface area (Å²) in [6.45, 7) is 6.85. The lowest BCUT2D eigenvalue weighted by Crippen LogP contribution is -2.43. The summed E-state index contributed by atoms with van der Waals surface area (Å²) in [6, 6.07) is 3.87. The van der Waals surface area contributed by atoms with Crippen molar-refractivity contribution in [2.75, 3.05) is 26.4 Å². The zero-order valence-electron chi connectivity index (χ0n) is 12.2. The SMILES string of the molecule is Cc1nc2cc(OCC(C)(C)N(C)C)c(N)cc2s1. The number of hydrogen-bond acceptors (Lipinski definition) is 5. The third-order valence-corrected chi connectivity index (χ3v) is 4.35. The summed E-state index contributed by atoms with van der Waals surface area (Å²) in [5, 5.41) is 1.04. The van der Waals surface area contributed by atoms with Crippen molar-refractivity contribution in [1.29, 1.82) is 0 Å². The highest BCUT2D eigenvalue weighted by atomic mass is 32.1. The molecule has 0 aliphatic rings. The zero-order chi connectivity index (χ0) is 14.2. The van der Waals surface area contributed by atoms with E-state index < -0.39 is 0 Å². The summed E-state index contributed by atoms with van der Waals surface area (Å²) in [4.78, 5) is 6.60. The molecule has 1 heterocycles. The second kappa shape index (κ2) is 4.98. The number of benzene rings is 1. The Morgan fingerprint density at radius 3 is 2.68 bits per heavy atom. The molecule has 1 aromatic heterocycles. The normalized spacial score (nSPS) is 12.3. The fourth-order valence-electron chi connectivity index (χ4n) is 1.59. The fraction of sp³-hybridized carbons (Fsp3) is 0.500. The Balaban J connectivity index is 2.23. The first kappa shape index (κ1) is 14.1. The molecule has 0 spiro atoms. The summed E-state index contributed by atoms with van der Waals surface area (Å²) < 4.78 is 6.98. The predicted octanol–water partition coefficient (Wildman–Crippen LogP) is 2.91. The minimum Gasteiger partial charge on any atom is -0.489 e. The molecule has 0 unspecified atom stereocenters. The number of thiazole rings is 1. The lowest BCUT2D eigenvalue weighted by molar-refractivity contribution is 0.114. The molecule has 5 heteroatoms. The number of hydrogen-bond donors (Lipinski definition) is 1. The highest BCUT2D eigenvalue weighted by Gasteiger charge is 2.22. The molecule has 0 radical (unpaired) electrons. The minimum atomic E-state index is -0.0423. The van der Waals surface area contributed by atoms with Gasteiger partial charge in [0.25, 0.3) is 0 Å². The Hall–Kier alpha value is -1.33. The Bertz CT molecular complexity index is 590. The van der Waals surface area contributed by atoms with E-state index in [0.717, 1.165) is 15.2 Å². The summed E-state index contributed by atoms with van der Waals surface area (Å²) in [5.41, 5.74) is 7.62. The summed E-state index contributed by atoms with van der Waals surface area (Å²) in [7, 11) is 4.08. The number of nitrogen functional groups attached to an aromatic ring is 1. The maximum Gasteiger partial charge on any atom is 0.144 e. The number of likely N-dealkylation sites (N-methyl/N-ethyl adjacent to an activating group) is 1. The van der Waals surface area contributed by atoms with Gasteiger partial charge in [-0.15, -0.1) is 11.3 Å². The van der Waals surface area contributed by atoms with E-state index in [4.69, 9.17) is 10.5 Å². The van der Waals surface area contributed by atoms with E-state index in [-0.39, 0.29) is 5.54 Å². The topological polar surface area (TPSA) is 51.4 Å². The predicted molar refractivity (Wildman–Crippen MR) is 82.0 cm³/mol. The third kappa shape index (κ3) is 2.98. The molecule has 0 amide bonds. The molecule has 4 nitrogen and oxygen atoms in total. The van der Waals surface area contributed by atoms with Crippen LogP contribution in [0.2, 0.25) is 0 Å². The molecule has 0 saturated heterocycles. The quantitative estimate of drug-likeness (QED) is 0.874. The average Bonchev–Trinajstić information content (AvgIpc) is 2.65. The summed E-state index contributed by atoms with van der Waals surface area (Å²) in [6.07, 6.45) is 0. The van der Waals surface area contributed by atoms with Gasteiger partial charge in [0.1, 0.15) is 12.4 Å². The van der Waals surface area contributed by atoms with Crippen LogP contribution in [0.3, 0.4) is 0 Å². The molecule has 0 atom stereocenters. The van der Waals surface area contributed by atoms with Crippen LogP contribution in [-0.2, 0) is 0 Å². The molecule has 0 saturated carbocycles. The number of anilines is 1. The lowest BCUT2D eigenvalue weighted by atomic mass is 10.1. The molecule has 2 rings (SSSR count). The summed E-state index contributed by atoms with van der Waals surface area (Å²) in [5.74, 6) is 0.715. The standard InChI is InChI=1S/C14H21N3OS/c1-9-16-11-7-12(10(15)6-13(11)19-9)18-8-14(2,3)17(4)5/h6-7H,8,15H2,1-5H3. The molecule has 0 fully saturated rings. The van der Waals surface area contributed by atoms with Gasteiger partial charge in [0.2, 0.25) is 0 Å². The van der Waals surface area contributed by atoms with Gasteiger partial charge in [0.15, 0.2) is 0 Å². The average molecular weight is 279 g/mol. The van der Waals surface area contributed by atoms with Crippen LogP contribution in [0.1, 0.15) is 18.9 Å². The van der Waals surface area contributed by atoms with Crippen LogP contribution in [0.15, 0.2) is 12.1 Å². The molecule has 0 aliphatic heterocycles. The van der Waals surface area contributed by atoms with E-state index >= 15 is 0 Å². The number of fused-ring (bicyclic) bond motifs is 1. The Morgan fingerprint density at radius 2 is 2.05 bits per heavy atom. The fourth-order valence-corrected chi connectivity index (χ4v) is 2.45. The van der Waals surface area contributed by atoms with Gasteiger partial charge in [-0.3, -0.25) is 0 Å². The first-order valence-corrected chi connectivity index (χ1v) is 7.08. The van der Waals surface area contributed by atoms with Crippen LogP contribution in [0.4, 0.5) is 5.69 Å². The van der Waals surface area contributed by atoms with Gasteiger partial charge in [0.05, 0.1) is 20.9 Å². The van der Waals surface area contributed by atoms with Crippen molar-refractivity contribution >= 4 is 27.2 Å². The van der Waals surface area contributed by atoms with Crippen LogP contribution >= 0.6 is 11.3 Å². The number of aromatic nitrogens is 1. The van der Waals surface area contributed by atoms with E-state index in [0.29, 0.717) is 18.0 Å². The molecule has 2 aromatic rings. The molecule has 0 aliphatic carbocycles. The van der Waals surface area contributed by atoms with Gasteiger partial charge >= 0.3 is 0 Å². The minimum absolute atomic E-state index is 0.0423. The van der Waals surface area contributed by atoms with Crippen LogP contribution in [0.5, 0.6) is 5.75 Å². The molecule has 2 N–H and O–H groups in total.